The van der Waals surface area contributed by atoms with Gasteiger partial charge >= 0.3 is 0 Å². The largest absolute Gasteiger partial charge is 0.367 e. The van der Waals surface area contributed by atoms with Crippen LogP contribution in [0.3, 0.4) is 0 Å². The molecule has 1 aromatic heterocycles. The number of hydrogen-bond acceptors (Lipinski definition) is 3. The fourth-order valence-electron chi connectivity index (χ4n) is 1.87. The first-order chi connectivity index (χ1) is 7.81. The monoisotopic (exact) mass is 215 g/mol. The van der Waals surface area contributed by atoms with E-state index in [1.807, 2.05) is 12.1 Å². The van der Waals surface area contributed by atoms with E-state index >= 15 is 0 Å². The fourth-order valence-corrected chi connectivity index (χ4v) is 1.87. The van der Waals surface area contributed by atoms with Crippen molar-refractivity contribution in [2.45, 2.75) is 38.6 Å². The van der Waals surface area contributed by atoms with Crippen LogP contribution in [0.1, 0.15) is 38.3 Å². The Labute approximate surface area is 96.5 Å². The minimum atomic E-state index is 0.478. The zero-order valence-corrected chi connectivity index (χ0v) is 9.61. The van der Waals surface area contributed by atoms with Gasteiger partial charge in [0.25, 0.3) is 0 Å². The molecule has 1 aliphatic carbocycles. The van der Waals surface area contributed by atoms with Crippen molar-refractivity contribution in [3.05, 3.63) is 23.9 Å². The number of hydrogen-bond donors (Lipinski definition) is 1. The number of anilines is 1. The van der Waals surface area contributed by atoms with Gasteiger partial charge in [-0.15, -0.1) is 0 Å². The van der Waals surface area contributed by atoms with Crippen LogP contribution in [0.15, 0.2) is 18.2 Å². The molecule has 1 aliphatic rings. The Morgan fingerprint density at radius 1 is 1.56 bits per heavy atom. The molecule has 84 valence electrons. The van der Waals surface area contributed by atoms with E-state index in [0.717, 1.165) is 18.2 Å². The lowest BCUT2D eigenvalue weighted by Crippen LogP contribution is -2.19. The van der Waals surface area contributed by atoms with Crippen molar-refractivity contribution in [1.82, 2.24) is 4.98 Å². The lowest BCUT2D eigenvalue weighted by molar-refractivity contribution is 0.585. The Kier molecular flexibility index (Phi) is 3.40. The Balaban J connectivity index is 1.97. The first-order valence-electron chi connectivity index (χ1n) is 5.95. The summed E-state index contributed by atoms with van der Waals surface area (Å²) in [4.78, 5) is 4.23. The van der Waals surface area contributed by atoms with Crippen molar-refractivity contribution in [1.29, 1.82) is 5.26 Å². The Bertz CT molecular complexity index is 390. The molecule has 2 rings (SSSR count). The van der Waals surface area contributed by atoms with Crippen LogP contribution in [0, 0.1) is 17.2 Å². The fraction of sp³-hybridized carbons (Fsp3) is 0.538. The van der Waals surface area contributed by atoms with Gasteiger partial charge in [0.1, 0.15) is 17.6 Å². The van der Waals surface area contributed by atoms with E-state index in [1.165, 1.54) is 19.3 Å². The van der Waals surface area contributed by atoms with Gasteiger partial charge in [-0.2, -0.15) is 5.26 Å². The molecule has 0 radical (unpaired) electrons. The topological polar surface area (TPSA) is 48.7 Å². The van der Waals surface area contributed by atoms with E-state index in [-0.39, 0.29) is 0 Å². The summed E-state index contributed by atoms with van der Waals surface area (Å²) >= 11 is 0. The van der Waals surface area contributed by atoms with Crippen LogP contribution >= 0.6 is 0 Å². The maximum absolute atomic E-state index is 8.77. The summed E-state index contributed by atoms with van der Waals surface area (Å²) in [7, 11) is 0. The highest BCUT2D eigenvalue weighted by Gasteiger charge is 2.24. The van der Waals surface area contributed by atoms with Gasteiger partial charge in [-0.3, -0.25) is 0 Å². The van der Waals surface area contributed by atoms with Gasteiger partial charge in [0.2, 0.25) is 0 Å². The number of nitrogens with one attached hydrogen (secondary N) is 1. The minimum Gasteiger partial charge on any atom is -0.367 e. The van der Waals surface area contributed by atoms with Gasteiger partial charge in [-0.1, -0.05) is 25.8 Å². The number of nitriles is 1. The van der Waals surface area contributed by atoms with Crippen molar-refractivity contribution < 1.29 is 0 Å². The predicted octanol–water partition coefficient (Wildman–Crippen LogP) is 2.94. The summed E-state index contributed by atoms with van der Waals surface area (Å²) in [5.74, 6) is 1.74. The molecule has 1 unspecified atom stereocenters. The SMILES string of the molecule is CCC(CC1CC1)Nc1cccc(C#N)n1. The predicted molar refractivity (Wildman–Crippen MR) is 64.0 cm³/mol. The van der Waals surface area contributed by atoms with Crippen molar-refractivity contribution in [2.75, 3.05) is 5.32 Å². The molecule has 3 nitrogen and oxygen atoms in total. The first kappa shape index (κ1) is 10.9. The van der Waals surface area contributed by atoms with Gasteiger partial charge in [0.05, 0.1) is 0 Å². The van der Waals surface area contributed by atoms with Crippen LogP contribution in [0.5, 0.6) is 0 Å². The van der Waals surface area contributed by atoms with Crippen LogP contribution < -0.4 is 5.32 Å². The Morgan fingerprint density at radius 3 is 3.00 bits per heavy atom. The Hall–Kier alpha value is -1.56. The second kappa shape index (κ2) is 4.98. The second-order valence-electron chi connectivity index (χ2n) is 4.45. The van der Waals surface area contributed by atoms with E-state index in [0.29, 0.717) is 11.7 Å². The van der Waals surface area contributed by atoms with Gasteiger partial charge in [-0.05, 0) is 30.9 Å². The third-order valence-electron chi connectivity index (χ3n) is 3.02. The number of pyridine rings is 1. The maximum atomic E-state index is 8.77. The van der Waals surface area contributed by atoms with Crippen molar-refractivity contribution in [3.8, 4) is 6.07 Å². The second-order valence-corrected chi connectivity index (χ2v) is 4.45. The lowest BCUT2D eigenvalue weighted by atomic mass is 10.1. The summed E-state index contributed by atoms with van der Waals surface area (Å²) in [6.07, 6.45) is 5.09. The van der Waals surface area contributed by atoms with Crippen LogP contribution in [0.25, 0.3) is 0 Å². The highest BCUT2D eigenvalue weighted by Crippen LogP contribution is 2.34. The molecular formula is C13H17N3. The summed E-state index contributed by atoms with van der Waals surface area (Å²) < 4.78 is 0. The molecule has 1 N–H and O–H groups in total. The van der Waals surface area contributed by atoms with E-state index in [4.69, 9.17) is 5.26 Å². The average molecular weight is 215 g/mol. The van der Waals surface area contributed by atoms with E-state index in [9.17, 15) is 0 Å². The van der Waals surface area contributed by atoms with Gasteiger partial charge < -0.3 is 5.32 Å². The number of rotatable bonds is 5. The van der Waals surface area contributed by atoms with Gasteiger partial charge in [0.15, 0.2) is 0 Å². The molecule has 0 spiro atoms. The number of aromatic nitrogens is 1. The average Bonchev–Trinajstić information content (AvgIpc) is 3.12. The molecule has 1 fully saturated rings. The first-order valence-corrected chi connectivity index (χ1v) is 5.95. The molecule has 0 amide bonds. The summed E-state index contributed by atoms with van der Waals surface area (Å²) in [6, 6.07) is 8.08. The quantitative estimate of drug-likeness (QED) is 0.821. The molecule has 1 heterocycles. The zero-order chi connectivity index (χ0) is 11.4. The molecule has 0 aliphatic heterocycles. The smallest absolute Gasteiger partial charge is 0.142 e. The third kappa shape index (κ3) is 2.96. The van der Waals surface area contributed by atoms with Crippen LogP contribution in [-0.2, 0) is 0 Å². The van der Waals surface area contributed by atoms with Crippen LogP contribution in [0.4, 0.5) is 5.82 Å². The molecule has 0 aromatic carbocycles. The van der Waals surface area contributed by atoms with Crippen molar-refractivity contribution >= 4 is 5.82 Å². The molecule has 1 saturated carbocycles. The number of nitrogens with zero attached hydrogens (tertiary/aromatic N) is 2. The Morgan fingerprint density at radius 2 is 2.38 bits per heavy atom. The molecular weight excluding hydrogens is 198 g/mol. The molecule has 16 heavy (non-hydrogen) atoms. The van der Waals surface area contributed by atoms with Gasteiger partial charge in [-0.25, -0.2) is 4.98 Å². The molecule has 0 saturated heterocycles. The molecule has 0 bridgehead atoms. The van der Waals surface area contributed by atoms with Crippen LogP contribution in [0.2, 0.25) is 0 Å². The summed E-state index contributed by atoms with van der Waals surface area (Å²) in [6.45, 7) is 2.19. The summed E-state index contributed by atoms with van der Waals surface area (Å²) in [5.41, 5.74) is 0.478. The van der Waals surface area contributed by atoms with E-state index in [1.54, 1.807) is 6.07 Å². The molecule has 1 aromatic rings. The highest BCUT2D eigenvalue weighted by molar-refractivity contribution is 5.39. The normalized spacial score (nSPS) is 16.5. The zero-order valence-electron chi connectivity index (χ0n) is 9.61. The van der Waals surface area contributed by atoms with E-state index in [2.05, 4.69) is 23.3 Å². The van der Waals surface area contributed by atoms with Crippen molar-refractivity contribution in [2.24, 2.45) is 5.92 Å². The van der Waals surface area contributed by atoms with Crippen LogP contribution in [-0.4, -0.2) is 11.0 Å². The highest BCUT2D eigenvalue weighted by atomic mass is 15.0. The maximum Gasteiger partial charge on any atom is 0.142 e. The standard InChI is InChI=1S/C13H17N3/c1-2-11(8-10-6-7-10)15-13-5-3-4-12(9-14)16-13/h3-5,10-11H,2,6-8H2,1H3,(H,15,16). The molecule has 3 heteroatoms. The van der Waals surface area contributed by atoms with Gasteiger partial charge in [0, 0.05) is 6.04 Å². The third-order valence-corrected chi connectivity index (χ3v) is 3.02. The lowest BCUT2D eigenvalue weighted by Gasteiger charge is -2.17. The van der Waals surface area contributed by atoms with E-state index < -0.39 is 0 Å². The summed E-state index contributed by atoms with van der Waals surface area (Å²) in [5, 5.41) is 12.2. The molecule has 1 atom stereocenters. The minimum absolute atomic E-state index is 0.478. The van der Waals surface area contributed by atoms with Crippen molar-refractivity contribution in [3.63, 3.8) is 0 Å².